The maximum atomic E-state index is 11.8. The van der Waals surface area contributed by atoms with Crippen LogP contribution in [-0.4, -0.2) is 49.7 Å². The second-order valence-electron chi connectivity index (χ2n) is 9.25. The molecule has 0 bridgehead atoms. The number of allylic oxidation sites excluding steroid dienone is 1. The minimum absolute atomic E-state index is 0.0744. The molecule has 0 aromatic heterocycles. The van der Waals surface area contributed by atoms with Crippen LogP contribution in [0.4, 0.5) is 4.79 Å². The van der Waals surface area contributed by atoms with Crippen LogP contribution < -0.4 is 0 Å². The molecule has 146 valence electrons. The Morgan fingerprint density at radius 1 is 1.27 bits per heavy atom. The minimum Gasteiger partial charge on any atom is -0.448 e. The van der Waals surface area contributed by atoms with Crippen LogP contribution in [-0.2, 0) is 14.2 Å². The van der Waals surface area contributed by atoms with Crippen LogP contribution in [0.5, 0.6) is 0 Å². The summed E-state index contributed by atoms with van der Waals surface area (Å²) in [6.45, 7) is 14.1. The first-order valence-corrected chi connectivity index (χ1v) is 10.2. The van der Waals surface area contributed by atoms with Crippen LogP contribution in [0.1, 0.15) is 52.9 Å². The first kappa shape index (κ1) is 18.3. The van der Waals surface area contributed by atoms with Crippen LogP contribution in [0.2, 0.25) is 0 Å². The minimum atomic E-state index is -0.160. The summed E-state index contributed by atoms with van der Waals surface area (Å²) in [4.78, 5) is 13.7. The molecular weight excluding hydrogens is 330 g/mol. The number of amides is 1. The molecule has 0 spiro atoms. The van der Waals surface area contributed by atoms with Gasteiger partial charge in [0, 0.05) is 12.0 Å². The lowest BCUT2D eigenvalue weighted by atomic mass is 9.46. The number of hydrogen-bond acceptors (Lipinski definition) is 4. The van der Waals surface area contributed by atoms with Gasteiger partial charge in [0.1, 0.15) is 6.61 Å². The maximum Gasteiger partial charge on any atom is 0.409 e. The number of carbonyl (C=O) groups excluding carboxylic acids is 1. The quantitative estimate of drug-likeness (QED) is 0.712. The number of carbonyl (C=O) groups is 1. The van der Waals surface area contributed by atoms with Crippen molar-refractivity contribution in [3.63, 3.8) is 0 Å². The van der Waals surface area contributed by atoms with E-state index < -0.39 is 0 Å². The molecule has 2 aliphatic heterocycles. The number of fused-ring (bicyclic) bond motifs is 3. The number of nitrogens with zero attached hydrogens (tertiary/aromatic N) is 1. The molecule has 4 aliphatic rings. The van der Waals surface area contributed by atoms with E-state index in [-0.39, 0.29) is 23.2 Å². The zero-order valence-electron chi connectivity index (χ0n) is 16.5. The molecule has 2 aliphatic carbocycles. The van der Waals surface area contributed by atoms with E-state index in [0.29, 0.717) is 24.5 Å². The maximum absolute atomic E-state index is 11.8. The highest BCUT2D eigenvalue weighted by Gasteiger charge is 2.59. The average Bonchev–Trinajstić information content (AvgIpc) is 3.00. The second kappa shape index (κ2) is 6.52. The van der Waals surface area contributed by atoms with Crippen molar-refractivity contribution >= 4 is 6.09 Å². The Balaban J connectivity index is 1.54. The highest BCUT2D eigenvalue weighted by Crippen LogP contribution is 2.63. The van der Waals surface area contributed by atoms with Gasteiger partial charge in [-0.3, -0.25) is 0 Å². The molecule has 2 heterocycles. The third kappa shape index (κ3) is 2.78. The molecule has 0 aromatic rings. The van der Waals surface area contributed by atoms with E-state index in [1.165, 1.54) is 18.4 Å². The van der Waals surface area contributed by atoms with Crippen LogP contribution in [0.3, 0.4) is 0 Å². The van der Waals surface area contributed by atoms with Gasteiger partial charge < -0.3 is 19.1 Å². The highest BCUT2D eigenvalue weighted by atomic mass is 16.7. The fourth-order valence-electron chi connectivity index (χ4n) is 6.40. The van der Waals surface area contributed by atoms with Crippen LogP contribution in [0.15, 0.2) is 12.2 Å². The lowest BCUT2D eigenvalue weighted by Gasteiger charge is -2.62. The van der Waals surface area contributed by atoms with Crippen LogP contribution in [0, 0.1) is 22.7 Å². The third-order valence-corrected chi connectivity index (χ3v) is 7.83. The molecule has 4 fully saturated rings. The van der Waals surface area contributed by atoms with Crippen LogP contribution in [0.25, 0.3) is 0 Å². The van der Waals surface area contributed by atoms with Gasteiger partial charge in [-0.15, -0.1) is 0 Å². The monoisotopic (exact) mass is 363 g/mol. The molecular formula is C21H33NO4. The zero-order chi connectivity index (χ0) is 18.5. The van der Waals surface area contributed by atoms with Crippen molar-refractivity contribution in [1.82, 2.24) is 4.90 Å². The normalized spacial score (nSPS) is 45.9. The van der Waals surface area contributed by atoms with Crippen molar-refractivity contribution in [2.45, 2.75) is 65.3 Å². The third-order valence-electron chi connectivity index (χ3n) is 7.83. The Bertz CT molecular complexity index is 593. The Labute approximate surface area is 157 Å². The van der Waals surface area contributed by atoms with E-state index in [0.717, 1.165) is 39.0 Å². The summed E-state index contributed by atoms with van der Waals surface area (Å²) in [5.41, 5.74) is 1.65. The van der Waals surface area contributed by atoms with Gasteiger partial charge in [-0.1, -0.05) is 26.0 Å². The Morgan fingerprint density at radius 3 is 2.81 bits per heavy atom. The van der Waals surface area contributed by atoms with Crippen molar-refractivity contribution in [2.75, 3.05) is 26.3 Å². The summed E-state index contributed by atoms with van der Waals surface area (Å²) in [5, 5.41) is 0. The first-order chi connectivity index (χ1) is 12.3. The molecule has 0 N–H and O–H groups in total. The molecule has 6 atom stereocenters. The van der Waals surface area contributed by atoms with Crippen molar-refractivity contribution in [3.05, 3.63) is 12.2 Å². The largest absolute Gasteiger partial charge is 0.448 e. The second-order valence-corrected chi connectivity index (χ2v) is 9.25. The molecule has 1 unspecified atom stereocenters. The molecule has 2 saturated heterocycles. The molecule has 2 saturated carbocycles. The van der Waals surface area contributed by atoms with Gasteiger partial charge in [-0.05, 0) is 56.3 Å². The van der Waals surface area contributed by atoms with Crippen molar-refractivity contribution in [3.8, 4) is 0 Å². The van der Waals surface area contributed by atoms with E-state index in [1.54, 1.807) is 0 Å². The van der Waals surface area contributed by atoms with Crippen LogP contribution >= 0.6 is 0 Å². The fraction of sp³-hybridized carbons (Fsp3) is 0.857. The summed E-state index contributed by atoms with van der Waals surface area (Å²) in [5.74, 6) is 1.02. The average molecular weight is 363 g/mol. The lowest BCUT2D eigenvalue weighted by molar-refractivity contribution is -0.297. The van der Waals surface area contributed by atoms with E-state index in [1.807, 2.05) is 11.8 Å². The smallest absolute Gasteiger partial charge is 0.409 e. The van der Waals surface area contributed by atoms with Gasteiger partial charge in [0.15, 0.2) is 6.29 Å². The van der Waals surface area contributed by atoms with Gasteiger partial charge in [0.2, 0.25) is 0 Å². The van der Waals surface area contributed by atoms with E-state index in [2.05, 4.69) is 20.4 Å². The molecule has 0 aromatic carbocycles. The number of ether oxygens (including phenoxy) is 3. The number of rotatable bonds is 3. The van der Waals surface area contributed by atoms with E-state index in [4.69, 9.17) is 14.2 Å². The van der Waals surface area contributed by atoms with Gasteiger partial charge in [0.25, 0.3) is 0 Å². The Kier molecular flexibility index (Phi) is 4.59. The predicted octanol–water partition coefficient (Wildman–Crippen LogP) is 3.98. The fourth-order valence-corrected chi connectivity index (χ4v) is 6.40. The molecule has 26 heavy (non-hydrogen) atoms. The molecule has 4 rings (SSSR count). The number of cyclic esters (lactones) is 1. The summed E-state index contributed by atoms with van der Waals surface area (Å²) < 4.78 is 17.2. The van der Waals surface area contributed by atoms with E-state index in [9.17, 15) is 4.79 Å². The summed E-state index contributed by atoms with van der Waals surface area (Å²) in [6, 6.07) is 0. The molecule has 5 heteroatoms. The Morgan fingerprint density at radius 2 is 2.08 bits per heavy atom. The zero-order valence-corrected chi connectivity index (χ0v) is 16.5. The summed E-state index contributed by atoms with van der Waals surface area (Å²) in [6.07, 6.45) is 5.54. The SMILES string of the molecule is C=C1CCC2[C@]3(C)CO[C@@H](C)O[C@@H]3CC[C@@]2(C)[C@@H]1CCN1CCOC1=O. The van der Waals surface area contributed by atoms with E-state index >= 15 is 0 Å². The lowest BCUT2D eigenvalue weighted by Crippen LogP contribution is -2.61. The summed E-state index contributed by atoms with van der Waals surface area (Å²) >= 11 is 0. The van der Waals surface area contributed by atoms with Gasteiger partial charge in [0.05, 0.1) is 19.3 Å². The van der Waals surface area contributed by atoms with Gasteiger partial charge >= 0.3 is 6.09 Å². The van der Waals surface area contributed by atoms with Crippen molar-refractivity contribution in [2.24, 2.45) is 22.7 Å². The number of hydrogen-bond donors (Lipinski definition) is 0. The van der Waals surface area contributed by atoms with Gasteiger partial charge in [-0.25, -0.2) is 4.79 Å². The predicted molar refractivity (Wildman–Crippen MR) is 98.6 cm³/mol. The summed E-state index contributed by atoms with van der Waals surface area (Å²) in [7, 11) is 0. The highest BCUT2D eigenvalue weighted by molar-refractivity contribution is 5.69. The van der Waals surface area contributed by atoms with Crippen molar-refractivity contribution < 1.29 is 19.0 Å². The van der Waals surface area contributed by atoms with Gasteiger partial charge in [-0.2, -0.15) is 0 Å². The molecule has 0 radical (unpaired) electrons. The first-order valence-electron chi connectivity index (χ1n) is 10.2. The standard InChI is InChI=1S/C21H33NO4/c1-14-5-6-17-20(3,16(14)8-10-22-11-12-24-19(22)23)9-7-18-21(17,4)13-25-15(2)26-18/h15-18H,1,5-13H2,2-4H3/t15-,16-,17?,18-,20+,21+/m1/s1. The topological polar surface area (TPSA) is 48.0 Å². The Hall–Kier alpha value is -1.07. The van der Waals surface area contributed by atoms with Crippen molar-refractivity contribution in [1.29, 1.82) is 0 Å². The molecule has 5 nitrogen and oxygen atoms in total. The molecule has 1 amide bonds.